The third kappa shape index (κ3) is 5.88. The molecule has 0 bridgehead atoms. The number of fused-ring (bicyclic) bond motifs is 1. The van der Waals surface area contributed by atoms with E-state index in [4.69, 9.17) is 18.3 Å². The Labute approximate surface area is 255 Å². The number of rotatable bonds is 7. The fourth-order valence-corrected chi connectivity index (χ4v) is 7.04. The highest BCUT2D eigenvalue weighted by molar-refractivity contribution is 6.75. The Morgan fingerprint density at radius 2 is 1.29 bits per heavy atom. The fraction of sp³-hybridized carbons (Fsp3) is 0.486. The lowest BCUT2D eigenvalue weighted by atomic mass is 9.71. The lowest BCUT2D eigenvalue weighted by Gasteiger charge is -2.43. The summed E-state index contributed by atoms with van der Waals surface area (Å²) in [6.07, 6.45) is 0. The Morgan fingerprint density at radius 1 is 0.762 bits per heavy atom. The van der Waals surface area contributed by atoms with E-state index >= 15 is 0 Å². The molecule has 1 N–H and O–H groups in total. The molecule has 2 atom stereocenters. The topological polar surface area (TPSA) is 57.2 Å². The SMILES string of the molecule is COc1ccc(C2(O)c3ccc(O[Si](C)(C)C(C)(C)C)c(C)c3OCC2c2ccc(O[Si](C)(C)C(C)(C)C)cc2)cc1. The van der Waals surface area contributed by atoms with E-state index in [0.29, 0.717) is 12.4 Å². The standard InChI is InChI=1S/C35H50O5Si2/c1-24-31(40-42(11,12)34(5,6)7)22-21-29-32(24)38-23-30(35(29,36)26-15-19-27(37-8)20-16-26)25-13-17-28(18-14-25)39-41(9,10)33(2,3)4/h13-22,30,36H,23H2,1-12H3. The van der Waals surface area contributed by atoms with Crippen LogP contribution in [0.5, 0.6) is 23.0 Å². The molecule has 1 aliphatic heterocycles. The van der Waals surface area contributed by atoms with E-state index in [1.807, 2.05) is 55.5 Å². The van der Waals surface area contributed by atoms with Crippen molar-refractivity contribution in [3.8, 4) is 23.0 Å². The fourth-order valence-electron chi connectivity index (χ4n) is 4.93. The second-order valence-corrected chi connectivity index (χ2v) is 24.2. The van der Waals surface area contributed by atoms with Gasteiger partial charge in [-0.1, -0.05) is 65.8 Å². The highest BCUT2D eigenvalue weighted by atomic mass is 28.4. The molecular formula is C35H50O5Si2. The van der Waals surface area contributed by atoms with Crippen LogP contribution in [0, 0.1) is 6.92 Å². The lowest BCUT2D eigenvalue weighted by Crippen LogP contribution is -2.44. The molecule has 42 heavy (non-hydrogen) atoms. The summed E-state index contributed by atoms with van der Waals surface area (Å²) >= 11 is 0. The van der Waals surface area contributed by atoms with Gasteiger partial charge in [0.1, 0.15) is 28.6 Å². The van der Waals surface area contributed by atoms with Gasteiger partial charge >= 0.3 is 0 Å². The van der Waals surface area contributed by atoms with Crippen molar-refractivity contribution >= 4 is 16.6 Å². The number of benzene rings is 3. The molecule has 1 aliphatic rings. The van der Waals surface area contributed by atoms with Crippen molar-refractivity contribution in [2.24, 2.45) is 0 Å². The van der Waals surface area contributed by atoms with Crippen molar-refractivity contribution < 1.29 is 23.4 Å². The first-order valence-electron chi connectivity index (χ1n) is 14.9. The summed E-state index contributed by atoms with van der Waals surface area (Å²) in [5, 5.41) is 13.0. The van der Waals surface area contributed by atoms with Gasteiger partial charge < -0.3 is 23.4 Å². The van der Waals surface area contributed by atoms with Crippen LogP contribution in [0.4, 0.5) is 0 Å². The van der Waals surface area contributed by atoms with E-state index < -0.39 is 22.2 Å². The first-order valence-corrected chi connectivity index (χ1v) is 20.8. The Balaban J connectivity index is 1.79. The van der Waals surface area contributed by atoms with Crippen LogP contribution in [0.25, 0.3) is 0 Å². The van der Waals surface area contributed by atoms with Crippen LogP contribution in [0.1, 0.15) is 69.7 Å². The van der Waals surface area contributed by atoms with Crippen molar-refractivity contribution in [3.05, 3.63) is 82.9 Å². The zero-order valence-corrected chi connectivity index (χ0v) is 29.6. The number of ether oxygens (including phenoxy) is 2. The number of aliphatic hydroxyl groups is 1. The third-order valence-corrected chi connectivity index (χ3v) is 18.5. The molecule has 0 radical (unpaired) electrons. The van der Waals surface area contributed by atoms with Crippen LogP contribution in [0.15, 0.2) is 60.7 Å². The Hall–Kier alpha value is -2.75. The summed E-state index contributed by atoms with van der Waals surface area (Å²) in [7, 11) is -2.40. The maximum atomic E-state index is 12.8. The molecule has 2 unspecified atom stereocenters. The molecular weight excluding hydrogens is 557 g/mol. The minimum Gasteiger partial charge on any atom is -0.544 e. The van der Waals surface area contributed by atoms with Gasteiger partial charge in [-0.25, -0.2) is 0 Å². The summed E-state index contributed by atoms with van der Waals surface area (Å²) in [5.41, 5.74) is 2.10. The molecule has 0 spiro atoms. The van der Waals surface area contributed by atoms with Gasteiger partial charge in [0.15, 0.2) is 0 Å². The molecule has 0 fully saturated rings. The number of methoxy groups -OCH3 is 1. The average Bonchev–Trinajstić information content (AvgIpc) is 2.89. The average molecular weight is 607 g/mol. The molecule has 0 aromatic heterocycles. The van der Waals surface area contributed by atoms with Gasteiger partial charge in [-0.3, -0.25) is 0 Å². The van der Waals surface area contributed by atoms with E-state index in [0.717, 1.165) is 39.5 Å². The van der Waals surface area contributed by atoms with Crippen molar-refractivity contribution in [2.45, 2.75) is 96.2 Å². The van der Waals surface area contributed by atoms with Gasteiger partial charge in [-0.05, 0) is 90.7 Å². The molecule has 3 aromatic carbocycles. The molecule has 0 saturated carbocycles. The van der Waals surface area contributed by atoms with Gasteiger partial charge in [0, 0.05) is 11.1 Å². The zero-order chi connectivity index (χ0) is 31.3. The van der Waals surface area contributed by atoms with Crippen molar-refractivity contribution in [1.29, 1.82) is 0 Å². The highest BCUT2D eigenvalue weighted by Gasteiger charge is 2.48. The molecule has 0 aliphatic carbocycles. The summed E-state index contributed by atoms with van der Waals surface area (Å²) < 4.78 is 25.2. The van der Waals surface area contributed by atoms with Gasteiger partial charge in [0.05, 0.1) is 19.6 Å². The largest absolute Gasteiger partial charge is 0.544 e. The third-order valence-electron chi connectivity index (χ3n) is 9.83. The number of hydrogen-bond donors (Lipinski definition) is 1. The monoisotopic (exact) mass is 606 g/mol. The van der Waals surface area contributed by atoms with E-state index in [-0.39, 0.29) is 16.0 Å². The molecule has 3 aromatic rings. The minimum absolute atomic E-state index is 0.0611. The highest BCUT2D eigenvalue weighted by Crippen LogP contribution is 2.52. The summed E-state index contributed by atoms with van der Waals surface area (Å²) in [5.74, 6) is 2.78. The number of hydrogen-bond acceptors (Lipinski definition) is 5. The Morgan fingerprint density at radius 3 is 1.81 bits per heavy atom. The van der Waals surface area contributed by atoms with Crippen LogP contribution >= 0.6 is 0 Å². The quantitative estimate of drug-likeness (QED) is 0.272. The Kier molecular flexibility index (Phi) is 8.48. The first-order chi connectivity index (χ1) is 19.3. The Bertz CT molecular complexity index is 1400. The molecule has 5 nitrogen and oxygen atoms in total. The van der Waals surface area contributed by atoms with Gasteiger partial charge in [0.25, 0.3) is 0 Å². The normalized spacial score (nSPS) is 19.5. The van der Waals surface area contributed by atoms with E-state index in [1.165, 1.54) is 0 Å². The first kappa shape index (κ1) is 32.2. The van der Waals surface area contributed by atoms with Crippen molar-refractivity contribution in [3.63, 3.8) is 0 Å². The minimum atomic E-state index is -2.07. The second kappa shape index (κ2) is 11.1. The van der Waals surface area contributed by atoms with Crippen LogP contribution in [-0.4, -0.2) is 35.5 Å². The van der Waals surface area contributed by atoms with Gasteiger partial charge in [-0.2, -0.15) is 0 Å². The van der Waals surface area contributed by atoms with Crippen LogP contribution < -0.4 is 18.3 Å². The lowest BCUT2D eigenvalue weighted by molar-refractivity contribution is 0.0102. The maximum Gasteiger partial charge on any atom is 0.250 e. The van der Waals surface area contributed by atoms with Gasteiger partial charge in [-0.15, -0.1) is 0 Å². The van der Waals surface area contributed by atoms with E-state index in [1.54, 1.807) is 7.11 Å². The van der Waals surface area contributed by atoms with E-state index in [2.05, 4.69) is 79.9 Å². The molecule has 0 amide bonds. The van der Waals surface area contributed by atoms with Crippen molar-refractivity contribution in [1.82, 2.24) is 0 Å². The molecule has 1 heterocycles. The van der Waals surface area contributed by atoms with Crippen LogP contribution in [-0.2, 0) is 5.60 Å². The molecule has 7 heteroatoms. The summed E-state index contributed by atoms with van der Waals surface area (Å²) in [6, 6.07) is 19.9. The summed E-state index contributed by atoms with van der Waals surface area (Å²) in [4.78, 5) is 0. The zero-order valence-electron chi connectivity index (χ0n) is 27.6. The van der Waals surface area contributed by atoms with E-state index in [9.17, 15) is 5.11 Å². The maximum absolute atomic E-state index is 12.8. The van der Waals surface area contributed by atoms with Crippen molar-refractivity contribution in [2.75, 3.05) is 13.7 Å². The second-order valence-electron chi connectivity index (χ2n) is 14.7. The predicted octanol–water partition coefficient (Wildman–Crippen LogP) is 9.18. The van der Waals surface area contributed by atoms with Crippen LogP contribution in [0.3, 0.4) is 0 Å². The summed E-state index contributed by atoms with van der Waals surface area (Å²) in [6.45, 7) is 24.8. The van der Waals surface area contributed by atoms with Gasteiger partial charge in [0.2, 0.25) is 16.6 Å². The smallest absolute Gasteiger partial charge is 0.250 e. The predicted molar refractivity (Wildman–Crippen MR) is 177 cm³/mol. The molecule has 228 valence electrons. The molecule has 4 rings (SSSR count). The molecule has 0 saturated heterocycles. The van der Waals surface area contributed by atoms with Crippen LogP contribution in [0.2, 0.25) is 36.3 Å².